The van der Waals surface area contributed by atoms with E-state index >= 15 is 0 Å². The molecular weight excluding hydrogens is 195 g/mol. The number of ether oxygens (including phenoxy) is 2. The Labute approximate surface area is 86.6 Å². The summed E-state index contributed by atoms with van der Waals surface area (Å²) in [6.45, 7) is 0. The van der Waals surface area contributed by atoms with Gasteiger partial charge in [-0.2, -0.15) is 4.39 Å². The predicted molar refractivity (Wildman–Crippen MR) is 53.4 cm³/mol. The van der Waals surface area contributed by atoms with Crippen LogP contribution < -0.4 is 9.47 Å². The Morgan fingerprint density at radius 1 is 1.20 bits per heavy atom. The standard InChI is InChI=1S/C12H9FO2/c13-12-8-4-3-7-11(12)14-9-5-1-2-6-10(9)15-12/h1-7H,8H2. The minimum atomic E-state index is -1.83. The number of rotatable bonds is 0. The Morgan fingerprint density at radius 3 is 2.87 bits per heavy atom. The van der Waals surface area contributed by atoms with Crippen LogP contribution in [-0.4, -0.2) is 5.85 Å². The van der Waals surface area contributed by atoms with Crippen LogP contribution in [0.2, 0.25) is 0 Å². The molecule has 1 heterocycles. The topological polar surface area (TPSA) is 18.5 Å². The Balaban J connectivity index is 2.09. The third kappa shape index (κ3) is 1.23. The Kier molecular flexibility index (Phi) is 1.63. The van der Waals surface area contributed by atoms with Crippen molar-refractivity contribution in [3.8, 4) is 11.5 Å². The molecule has 1 unspecified atom stereocenters. The lowest BCUT2D eigenvalue weighted by molar-refractivity contribution is -0.0694. The van der Waals surface area contributed by atoms with Gasteiger partial charge in [-0.25, -0.2) is 0 Å². The number of fused-ring (bicyclic) bond motifs is 2. The smallest absolute Gasteiger partial charge is 0.309 e. The Morgan fingerprint density at radius 2 is 2.00 bits per heavy atom. The van der Waals surface area contributed by atoms with E-state index in [1.165, 1.54) is 0 Å². The summed E-state index contributed by atoms with van der Waals surface area (Å²) in [5.41, 5.74) is 0. The summed E-state index contributed by atoms with van der Waals surface area (Å²) in [5.74, 6) is -0.591. The zero-order valence-electron chi connectivity index (χ0n) is 7.94. The molecule has 1 aromatic carbocycles. The Hall–Kier alpha value is -1.77. The molecule has 0 saturated carbocycles. The van der Waals surface area contributed by atoms with Crippen molar-refractivity contribution >= 4 is 0 Å². The van der Waals surface area contributed by atoms with E-state index in [0.717, 1.165) is 0 Å². The maximum Gasteiger partial charge on any atom is 0.309 e. The molecule has 0 saturated heterocycles. The van der Waals surface area contributed by atoms with Crippen molar-refractivity contribution in [3.63, 3.8) is 0 Å². The van der Waals surface area contributed by atoms with Crippen LogP contribution >= 0.6 is 0 Å². The van der Waals surface area contributed by atoms with Crippen molar-refractivity contribution in [1.82, 2.24) is 0 Å². The zero-order valence-corrected chi connectivity index (χ0v) is 7.94. The number of benzene rings is 1. The SMILES string of the molecule is FC12CC=CC=C1Oc1ccccc1O2. The molecule has 2 aliphatic rings. The van der Waals surface area contributed by atoms with Gasteiger partial charge in [-0.3, -0.25) is 0 Å². The monoisotopic (exact) mass is 204 g/mol. The minimum Gasteiger partial charge on any atom is -0.451 e. The van der Waals surface area contributed by atoms with Crippen molar-refractivity contribution in [3.05, 3.63) is 48.3 Å². The second-order valence-corrected chi connectivity index (χ2v) is 3.54. The molecule has 1 atom stereocenters. The molecule has 1 aliphatic heterocycles. The van der Waals surface area contributed by atoms with Crippen molar-refractivity contribution in [2.24, 2.45) is 0 Å². The van der Waals surface area contributed by atoms with Crippen molar-refractivity contribution < 1.29 is 13.9 Å². The fraction of sp³-hybridized carbons (Fsp3) is 0.167. The summed E-state index contributed by atoms with van der Waals surface area (Å²) >= 11 is 0. The van der Waals surface area contributed by atoms with E-state index in [0.29, 0.717) is 11.5 Å². The van der Waals surface area contributed by atoms with E-state index in [4.69, 9.17) is 9.47 Å². The van der Waals surface area contributed by atoms with E-state index in [1.54, 1.807) is 36.4 Å². The molecule has 1 aromatic rings. The number of hydrogen-bond acceptors (Lipinski definition) is 2. The largest absolute Gasteiger partial charge is 0.451 e. The summed E-state index contributed by atoms with van der Waals surface area (Å²) in [6.07, 6.45) is 5.28. The summed E-state index contributed by atoms with van der Waals surface area (Å²) < 4.78 is 25.0. The molecule has 0 fully saturated rings. The lowest BCUT2D eigenvalue weighted by atomic mass is 10.1. The third-order valence-electron chi connectivity index (χ3n) is 2.47. The Bertz CT molecular complexity index is 464. The molecule has 0 radical (unpaired) electrons. The van der Waals surface area contributed by atoms with Gasteiger partial charge in [0.15, 0.2) is 17.3 Å². The van der Waals surface area contributed by atoms with Crippen molar-refractivity contribution in [1.29, 1.82) is 0 Å². The lowest BCUT2D eigenvalue weighted by Gasteiger charge is -2.34. The van der Waals surface area contributed by atoms with Crippen LogP contribution in [0.1, 0.15) is 6.42 Å². The first-order valence-electron chi connectivity index (χ1n) is 4.80. The highest BCUT2D eigenvalue weighted by atomic mass is 19.2. The molecule has 0 amide bonds. The van der Waals surface area contributed by atoms with Gasteiger partial charge in [0.25, 0.3) is 0 Å². The second-order valence-electron chi connectivity index (χ2n) is 3.54. The third-order valence-corrected chi connectivity index (χ3v) is 2.47. The first kappa shape index (κ1) is 8.53. The maximum absolute atomic E-state index is 14.2. The van der Waals surface area contributed by atoms with Gasteiger partial charge in [-0.05, 0) is 18.2 Å². The second kappa shape index (κ2) is 2.86. The molecule has 0 spiro atoms. The molecule has 2 nitrogen and oxygen atoms in total. The van der Waals surface area contributed by atoms with E-state index in [1.807, 2.05) is 6.07 Å². The van der Waals surface area contributed by atoms with Gasteiger partial charge in [0.05, 0.1) is 0 Å². The highest BCUT2D eigenvalue weighted by molar-refractivity contribution is 5.45. The van der Waals surface area contributed by atoms with Gasteiger partial charge < -0.3 is 9.47 Å². The van der Waals surface area contributed by atoms with Gasteiger partial charge in [0.1, 0.15) is 0 Å². The summed E-state index contributed by atoms with van der Waals surface area (Å²) in [5, 5.41) is 0. The van der Waals surface area contributed by atoms with Gasteiger partial charge in [0.2, 0.25) is 0 Å². The van der Waals surface area contributed by atoms with E-state index in [2.05, 4.69) is 0 Å². The molecule has 1 aliphatic carbocycles. The molecule has 0 aromatic heterocycles. The minimum absolute atomic E-state index is 0.188. The fourth-order valence-corrected chi connectivity index (χ4v) is 1.71. The molecule has 76 valence electrons. The maximum atomic E-state index is 14.2. The van der Waals surface area contributed by atoms with Gasteiger partial charge in [-0.1, -0.05) is 24.3 Å². The van der Waals surface area contributed by atoms with Gasteiger partial charge >= 0.3 is 5.85 Å². The average Bonchev–Trinajstić information content (AvgIpc) is 2.25. The van der Waals surface area contributed by atoms with E-state index < -0.39 is 5.85 Å². The zero-order chi connectivity index (χ0) is 10.3. The van der Waals surface area contributed by atoms with Gasteiger partial charge in [0, 0.05) is 6.42 Å². The first-order valence-corrected chi connectivity index (χ1v) is 4.80. The van der Waals surface area contributed by atoms with Crippen LogP contribution in [-0.2, 0) is 0 Å². The molecule has 15 heavy (non-hydrogen) atoms. The quantitative estimate of drug-likeness (QED) is 0.646. The average molecular weight is 204 g/mol. The van der Waals surface area contributed by atoms with E-state index in [-0.39, 0.29) is 12.2 Å². The predicted octanol–water partition coefficient (Wildman–Crippen LogP) is 2.97. The highest BCUT2D eigenvalue weighted by Crippen LogP contribution is 2.43. The number of allylic oxidation sites excluding steroid dienone is 2. The summed E-state index contributed by atoms with van der Waals surface area (Å²) in [6, 6.07) is 7.07. The molecular formula is C12H9FO2. The lowest BCUT2D eigenvalue weighted by Crippen LogP contribution is -2.39. The number of alkyl halides is 1. The number of halogens is 1. The van der Waals surface area contributed by atoms with Crippen LogP contribution in [0.15, 0.2) is 48.3 Å². The van der Waals surface area contributed by atoms with Crippen LogP contribution in [0, 0.1) is 0 Å². The first-order chi connectivity index (χ1) is 7.28. The van der Waals surface area contributed by atoms with Crippen molar-refractivity contribution in [2.75, 3.05) is 0 Å². The van der Waals surface area contributed by atoms with Crippen LogP contribution in [0.25, 0.3) is 0 Å². The summed E-state index contributed by atoms with van der Waals surface area (Å²) in [4.78, 5) is 0. The molecule has 3 heteroatoms. The number of para-hydroxylation sites is 2. The van der Waals surface area contributed by atoms with E-state index in [9.17, 15) is 4.39 Å². The van der Waals surface area contributed by atoms with Crippen LogP contribution in [0.4, 0.5) is 4.39 Å². The van der Waals surface area contributed by atoms with Crippen LogP contribution in [0.3, 0.4) is 0 Å². The molecule has 3 rings (SSSR count). The van der Waals surface area contributed by atoms with Crippen LogP contribution in [0.5, 0.6) is 11.5 Å². The summed E-state index contributed by atoms with van der Waals surface area (Å²) in [7, 11) is 0. The fourth-order valence-electron chi connectivity index (χ4n) is 1.71. The molecule has 0 bridgehead atoms. The normalized spacial score (nSPS) is 26.9. The molecule has 0 N–H and O–H groups in total. The number of hydrogen-bond donors (Lipinski definition) is 0. The van der Waals surface area contributed by atoms with Gasteiger partial charge in [-0.15, -0.1) is 0 Å². The highest BCUT2D eigenvalue weighted by Gasteiger charge is 2.43. The van der Waals surface area contributed by atoms with Crippen molar-refractivity contribution in [2.45, 2.75) is 12.3 Å².